The third-order valence-electron chi connectivity index (χ3n) is 4.99. The monoisotopic (exact) mass is 291 g/mol. The van der Waals surface area contributed by atoms with Crippen LogP contribution in [-0.2, 0) is 12.0 Å². The summed E-state index contributed by atoms with van der Waals surface area (Å²) < 4.78 is 2.00. The van der Waals surface area contributed by atoms with Gasteiger partial charge in [-0.05, 0) is 43.0 Å². The minimum atomic E-state index is -0.140. The zero-order valence-corrected chi connectivity index (χ0v) is 12.5. The normalized spacial score (nSPS) is 17.6. The van der Waals surface area contributed by atoms with E-state index in [2.05, 4.69) is 24.3 Å². The Morgan fingerprint density at radius 1 is 1.32 bits per heavy atom. The van der Waals surface area contributed by atoms with Crippen LogP contribution in [0.2, 0.25) is 0 Å². The maximum atomic E-state index is 12.7. The van der Waals surface area contributed by atoms with Gasteiger partial charge in [-0.1, -0.05) is 12.1 Å². The molecule has 1 amide bonds. The number of carbonyl (C=O) groups is 1. The third-order valence-corrected chi connectivity index (χ3v) is 4.99. The van der Waals surface area contributed by atoms with Crippen LogP contribution in [0.5, 0.6) is 0 Å². The molecule has 110 valence electrons. The Morgan fingerprint density at radius 2 is 2.14 bits per heavy atom. The summed E-state index contributed by atoms with van der Waals surface area (Å²) in [6.07, 6.45) is 5.25. The number of hydrogen-bond donors (Lipinski definition) is 0. The lowest BCUT2D eigenvalue weighted by Gasteiger charge is -2.27. The predicted molar refractivity (Wildman–Crippen MR) is 82.7 cm³/mol. The van der Waals surface area contributed by atoms with E-state index in [1.165, 1.54) is 5.56 Å². The lowest BCUT2D eigenvalue weighted by atomic mass is 9.98. The molecule has 22 heavy (non-hydrogen) atoms. The molecule has 4 rings (SSSR count). The van der Waals surface area contributed by atoms with E-state index in [0.717, 1.165) is 30.5 Å². The van der Waals surface area contributed by atoms with E-state index in [1.54, 1.807) is 0 Å². The molecular formula is C18H17N3O. The first-order chi connectivity index (χ1) is 10.7. The van der Waals surface area contributed by atoms with Gasteiger partial charge < -0.3 is 9.47 Å². The molecule has 0 bridgehead atoms. The molecule has 2 heterocycles. The average molecular weight is 291 g/mol. The van der Waals surface area contributed by atoms with Gasteiger partial charge in [0.1, 0.15) is 5.69 Å². The average Bonchev–Trinajstić information content (AvgIpc) is 3.21. The maximum absolute atomic E-state index is 12.7. The van der Waals surface area contributed by atoms with Gasteiger partial charge in [0.05, 0.1) is 17.3 Å². The molecule has 0 saturated heterocycles. The quantitative estimate of drug-likeness (QED) is 0.854. The minimum absolute atomic E-state index is 0.0808. The molecule has 1 saturated carbocycles. The fourth-order valence-electron chi connectivity index (χ4n) is 3.56. The highest BCUT2D eigenvalue weighted by molar-refractivity contribution is 5.95. The predicted octanol–water partition coefficient (Wildman–Crippen LogP) is 3.01. The second-order valence-electron chi connectivity index (χ2n) is 6.17. The fraction of sp³-hybridized carbons (Fsp3) is 0.333. The Balaban J connectivity index is 1.93. The van der Waals surface area contributed by atoms with Crippen molar-refractivity contribution in [3.63, 3.8) is 0 Å². The van der Waals surface area contributed by atoms with Crippen LogP contribution < -0.4 is 0 Å². The topological polar surface area (TPSA) is 49.0 Å². The number of rotatable bonds is 2. The molecule has 0 atom stereocenters. The standard InChI is InChI=1S/C18H17N3O/c1-20-17(22)15-5-3-11-21(15)16-12-13(4-2-10-19)6-7-14(16)18(20)8-9-18/h3,5-7,11-12H,2,4,8-9H2,1H3. The molecule has 2 aliphatic rings. The molecular weight excluding hydrogens is 274 g/mol. The number of nitrogens with zero attached hydrogens (tertiary/aromatic N) is 3. The van der Waals surface area contributed by atoms with Crippen LogP contribution in [0.25, 0.3) is 5.69 Å². The molecule has 1 aliphatic heterocycles. The largest absolute Gasteiger partial charge is 0.331 e. The number of aryl methyl sites for hydroxylation is 1. The molecule has 0 N–H and O–H groups in total. The van der Waals surface area contributed by atoms with E-state index < -0.39 is 0 Å². The zero-order chi connectivity index (χ0) is 15.3. The van der Waals surface area contributed by atoms with Crippen LogP contribution in [0.3, 0.4) is 0 Å². The van der Waals surface area contributed by atoms with Gasteiger partial charge in [0.2, 0.25) is 0 Å². The second kappa shape index (κ2) is 4.48. The summed E-state index contributed by atoms with van der Waals surface area (Å²) >= 11 is 0. The molecule has 0 unspecified atom stereocenters. The van der Waals surface area contributed by atoms with Crippen LogP contribution >= 0.6 is 0 Å². The molecule has 2 aromatic rings. The molecule has 4 nitrogen and oxygen atoms in total. The Hall–Kier alpha value is -2.54. The van der Waals surface area contributed by atoms with Gasteiger partial charge in [0, 0.05) is 25.2 Å². The highest BCUT2D eigenvalue weighted by Crippen LogP contribution is 2.54. The second-order valence-corrected chi connectivity index (χ2v) is 6.17. The number of nitriles is 1. The third kappa shape index (κ3) is 1.66. The first kappa shape index (κ1) is 13.1. The van der Waals surface area contributed by atoms with E-state index in [4.69, 9.17) is 5.26 Å². The number of carbonyl (C=O) groups excluding carboxylic acids is 1. The van der Waals surface area contributed by atoms with Crippen LogP contribution in [0.1, 0.15) is 40.9 Å². The van der Waals surface area contributed by atoms with Crippen LogP contribution in [0.15, 0.2) is 36.5 Å². The van der Waals surface area contributed by atoms with Crippen molar-refractivity contribution < 1.29 is 4.79 Å². The number of benzene rings is 1. The van der Waals surface area contributed by atoms with E-state index in [9.17, 15) is 4.79 Å². The first-order valence-corrected chi connectivity index (χ1v) is 7.64. The molecule has 4 heteroatoms. The van der Waals surface area contributed by atoms with E-state index in [-0.39, 0.29) is 11.4 Å². The van der Waals surface area contributed by atoms with Crippen molar-refractivity contribution in [1.29, 1.82) is 5.26 Å². The number of aromatic nitrogens is 1. The van der Waals surface area contributed by atoms with Crippen LogP contribution in [0.4, 0.5) is 0 Å². The molecule has 1 spiro atoms. The van der Waals surface area contributed by atoms with Gasteiger partial charge in [0.15, 0.2) is 0 Å². The van der Waals surface area contributed by atoms with Gasteiger partial charge >= 0.3 is 0 Å². The maximum Gasteiger partial charge on any atom is 0.271 e. The molecule has 1 fully saturated rings. The number of fused-ring (bicyclic) bond motifs is 4. The fourth-order valence-corrected chi connectivity index (χ4v) is 3.56. The summed E-state index contributed by atoms with van der Waals surface area (Å²) in [5.74, 6) is 0.0808. The molecule has 1 aromatic heterocycles. The van der Waals surface area contributed by atoms with Gasteiger partial charge in [-0.25, -0.2) is 0 Å². The zero-order valence-electron chi connectivity index (χ0n) is 12.5. The highest BCUT2D eigenvalue weighted by Gasteiger charge is 2.53. The van der Waals surface area contributed by atoms with Crippen molar-refractivity contribution in [3.8, 4) is 11.8 Å². The Labute approximate surface area is 129 Å². The van der Waals surface area contributed by atoms with Crippen LogP contribution in [0, 0.1) is 11.3 Å². The van der Waals surface area contributed by atoms with Gasteiger partial charge in [-0.3, -0.25) is 4.79 Å². The lowest BCUT2D eigenvalue weighted by molar-refractivity contribution is 0.0705. The number of amides is 1. The van der Waals surface area contributed by atoms with Crippen molar-refractivity contribution in [2.24, 2.45) is 0 Å². The highest BCUT2D eigenvalue weighted by atomic mass is 16.2. The summed E-state index contributed by atoms with van der Waals surface area (Å²) in [6.45, 7) is 0. The minimum Gasteiger partial charge on any atom is -0.331 e. The van der Waals surface area contributed by atoms with E-state index >= 15 is 0 Å². The Kier molecular flexibility index (Phi) is 2.67. The summed E-state index contributed by atoms with van der Waals surface area (Å²) in [4.78, 5) is 14.6. The van der Waals surface area contributed by atoms with Crippen molar-refractivity contribution >= 4 is 5.91 Å². The smallest absolute Gasteiger partial charge is 0.271 e. The first-order valence-electron chi connectivity index (χ1n) is 7.64. The SMILES string of the molecule is CN1C(=O)c2cccn2-c2cc(CCC#N)ccc2C12CC2. The lowest BCUT2D eigenvalue weighted by Crippen LogP contribution is -2.36. The van der Waals surface area contributed by atoms with Crippen molar-refractivity contribution in [2.45, 2.75) is 31.2 Å². The van der Waals surface area contributed by atoms with Crippen LogP contribution in [-0.4, -0.2) is 22.4 Å². The van der Waals surface area contributed by atoms with Gasteiger partial charge in [-0.2, -0.15) is 5.26 Å². The van der Waals surface area contributed by atoms with Crippen molar-refractivity contribution in [1.82, 2.24) is 9.47 Å². The van der Waals surface area contributed by atoms with E-state index in [1.807, 2.05) is 34.8 Å². The molecule has 1 aliphatic carbocycles. The van der Waals surface area contributed by atoms with Gasteiger partial charge in [0.25, 0.3) is 5.91 Å². The molecule has 1 aromatic carbocycles. The summed E-state index contributed by atoms with van der Waals surface area (Å²) in [5, 5.41) is 8.79. The van der Waals surface area contributed by atoms with Crippen molar-refractivity contribution in [2.75, 3.05) is 7.05 Å². The number of hydrogen-bond acceptors (Lipinski definition) is 2. The Bertz CT molecular complexity index is 808. The van der Waals surface area contributed by atoms with Gasteiger partial charge in [-0.15, -0.1) is 0 Å². The summed E-state index contributed by atoms with van der Waals surface area (Å²) in [5.41, 5.74) is 4.03. The van der Waals surface area contributed by atoms with Crippen molar-refractivity contribution in [3.05, 3.63) is 53.3 Å². The molecule has 0 radical (unpaired) electrons. The Morgan fingerprint density at radius 3 is 2.86 bits per heavy atom. The summed E-state index contributed by atoms with van der Waals surface area (Å²) in [7, 11) is 1.91. The van der Waals surface area contributed by atoms with E-state index in [0.29, 0.717) is 12.1 Å². The summed E-state index contributed by atoms with van der Waals surface area (Å²) in [6, 6.07) is 12.4.